The Hall–Kier alpha value is -3.04. The van der Waals surface area contributed by atoms with Crippen molar-refractivity contribution in [1.82, 2.24) is 4.98 Å². The Bertz CT molecular complexity index is 1510. The summed E-state index contributed by atoms with van der Waals surface area (Å²) in [7, 11) is -2.99. The molecule has 0 spiro atoms. The molecule has 2 aromatic carbocycles. The highest BCUT2D eigenvalue weighted by atomic mass is 32.2. The number of aryl methyl sites for hydroxylation is 2. The van der Waals surface area contributed by atoms with E-state index in [9.17, 15) is 18.3 Å². The molecule has 212 valence electrons. The minimum atomic E-state index is -2.99. The van der Waals surface area contributed by atoms with Crippen LogP contribution in [0.5, 0.6) is 11.6 Å². The van der Waals surface area contributed by atoms with Crippen molar-refractivity contribution in [1.29, 1.82) is 0 Å². The van der Waals surface area contributed by atoms with Crippen LogP contribution in [0.25, 0.3) is 11.1 Å². The van der Waals surface area contributed by atoms with Gasteiger partial charge in [0.2, 0.25) is 5.88 Å². The van der Waals surface area contributed by atoms with Crippen LogP contribution < -0.4 is 9.47 Å². The van der Waals surface area contributed by atoms with Crippen molar-refractivity contribution in [3.63, 3.8) is 0 Å². The van der Waals surface area contributed by atoms with Crippen LogP contribution in [0.4, 0.5) is 0 Å². The second kappa shape index (κ2) is 11.8. The zero-order valence-electron chi connectivity index (χ0n) is 23.1. The van der Waals surface area contributed by atoms with Crippen molar-refractivity contribution in [3.05, 3.63) is 70.4 Å². The first-order chi connectivity index (χ1) is 19.1. The lowest BCUT2D eigenvalue weighted by molar-refractivity contribution is -0.137. The van der Waals surface area contributed by atoms with Crippen molar-refractivity contribution in [2.75, 3.05) is 23.9 Å². The maximum atomic E-state index is 11.7. The van der Waals surface area contributed by atoms with Gasteiger partial charge < -0.3 is 14.6 Å². The molecule has 7 nitrogen and oxygen atoms in total. The van der Waals surface area contributed by atoms with E-state index < -0.39 is 15.8 Å². The molecule has 40 heavy (non-hydrogen) atoms. The number of hydrogen-bond donors (Lipinski definition) is 1. The summed E-state index contributed by atoms with van der Waals surface area (Å²) in [4.78, 5) is 16.8. The van der Waals surface area contributed by atoms with Gasteiger partial charge in [0.15, 0.2) is 0 Å². The first-order valence-corrected chi connectivity index (χ1v) is 16.5. The van der Waals surface area contributed by atoms with Crippen molar-refractivity contribution in [2.45, 2.75) is 63.4 Å². The Morgan fingerprint density at radius 2 is 1.93 bits per heavy atom. The van der Waals surface area contributed by atoms with Gasteiger partial charge in [-0.05, 0) is 84.2 Å². The fraction of sp³-hybridized carbons (Fsp3) is 0.419. The maximum absolute atomic E-state index is 11.7. The number of carboxylic acids is 1. The van der Waals surface area contributed by atoms with Gasteiger partial charge in [0.25, 0.3) is 0 Å². The van der Waals surface area contributed by atoms with Crippen LogP contribution in [0.2, 0.25) is 0 Å². The molecule has 2 atom stereocenters. The summed E-state index contributed by atoms with van der Waals surface area (Å²) in [5.74, 6) is 1.60. The summed E-state index contributed by atoms with van der Waals surface area (Å²) in [6.45, 7) is 6.21. The van der Waals surface area contributed by atoms with Gasteiger partial charge in [-0.25, -0.2) is 13.4 Å². The number of rotatable bonds is 11. The number of carbonyl (C=O) groups is 1. The van der Waals surface area contributed by atoms with E-state index in [0.717, 1.165) is 45.9 Å². The van der Waals surface area contributed by atoms with Crippen molar-refractivity contribution in [2.24, 2.45) is 0 Å². The normalized spacial score (nSPS) is 17.9. The Labute approximate surface area is 240 Å². The molecule has 2 heterocycles. The van der Waals surface area contributed by atoms with Crippen LogP contribution in [0.1, 0.15) is 66.0 Å². The second-order valence-corrected chi connectivity index (χ2v) is 14.1. The Kier molecular flexibility index (Phi) is 8.42. The van der Waals surface area contributed by atoms with Crippen LogP contribution >= 0.6 is 11.8 Å². The number of fused-ring (bicyclic) bond motifs is 2. The first-order valence-electron chi connectivity index (χ1n) is 13.7. The number of sulfone groups is 1. The van der Waals surface area contributed by atoms with Crippen LogP contribution in [0.3, 0.4) is 0 Å². The lowest BCUT2D eigenvalue weighted by atomic mass is 9.90. The smallest absolute Gasteiger partial charge is 0.303 e. The zero-order valence-corrected chi connectivity index (χ0v) is 24.7. The number of benzene rings is 2. The molecule has 0 saturated carbocycles. The number of ether oxygens (including phenoxy) is 2. The predicted molar refractivity (Wildman–Crippen MR) is 157 cm³/mol. The number of nitrogens with zero attached hydrogens (tertiary/aromatic N) is 1. The van der Waals surface area contributed by atoms with E-state index in [1.807, 2.05) is 18.2 Å². The maximum Gasteiger partial charge on any atom is 0.303 e. The molecule has 5 rings (SSSR count). The van der Waals surface area contributed by atoms with Gasteiger partial charge in [0.05, 0.1) is 18.8 Å². The topological polar surface area (TPSA) is 103 Å². The van der Waals surface area contributed by atoms with Gasteiger partial charge in [0, 0.05) is 34.6 Å². The highest BCUT2D eigenvalue weighted by Gasteiger charge is 2.30. The highest BCUT2D eigenvalue weighted by molar-refractivity contribution is 7.99. The second-order valence-electron chi connectivity index (χ2n) is 10.6. The molecular formula is C31H35NO6S2. The predicted octanol–water partition coefficient (Wildman–Crippen LogP) is 6.30. The minimum Gasteiger partial charge on any atom is -0.494 e. The largest absolute Gasteiger partial charge is 0.494 e. The number of aliphatic carboxylic acids is 1. The van der Waals surface area contributed by atoms with E-state index in [0.29, 0.717) is 18.9 Å². The number of carboxylic acid groups (broad SMARTS) is 1. The number of thioether (sulfide) groups is 1. The molecule has 0 radical (unpaired) electrons. The van der Waals surface area contributed by atoms with E-state index in [2.05, 4.69) is 37.0 Å². The summed E-state index contributed by atoms with van der Waals surface area (Å²) in [6.07, 6.45) is 4.05. The van der Waals surface area contributed by atoms with Crippen molar-refractivity contribution < 1.29 is 27.8 Å². The third-order valence-electron chi connectivity index (χ3n) is 7.73. The molecule has 1 aliphatic carbocycles. The van der Waals surface area contributed by atoms with Gasteiger partial charge >= 0.3 is 5.97 Å². The summed E-state index contributed by atoms with van der Waals surface area (Å²) in [6, 6.07) is 12.4. The molecule has 1 N–H and O–H groups in total. The van der Waals surface area contributed by atoms with Crippen LogP contribution in [-0.2, 0) is 21.1 Å². The van der Waals surface area contributed by atoms with Crippen molar-refractivity contribution >= 4 is 27.6 Å². The number of hydrogen-bond acceptors (Lipinski definition) is 7. The molecule has 2 aliphatic rings. The van der Waals surface area contributed by atoms with Crippen molar-refractivity contribution in [3.8, 4) is 22.8 Å². The summed E-state index contributed by atoms with van der Waals surface area (Å²) >= 11 is 1.67. The van der Waals surface area contributed by atoms with E-state index in [1.165, 1.54) is 22.3 Å². The average molecular weight is 582 g/mol. The number of aromatic nitrogens is 1. The lowest BCUT2D eigenvalue weighted by Gasteiger charge is -2.18. The first kappa shape index (κ1) is 28.5. The summed E-state index contributed by atoms with van der Waals surface area (Å²) < 4.78 is 35.8. The van der Waals surface area contributed by atoms with Gasteiger partial charge in [-0.2, -0.15) is 0 Å². The van der Waals surface area contributed by atoms with E-state index in [1.54, 1.807) is 24.9 Å². The quantitative estimate of drug-likeness (QED) is 0.263. The monoisotopic (exact) mass is 581 g/mol. The minimum absolute atomic E-state index is 0.00529. The molecule has 0 bridgehead atoms. The molecule has 3 aromatic rings. The fourth-order valence-electron chi connectivity index (χ4n) is 5.75. The Morgan fingerprint density at radius 3 is 2.65 bits per heavy atom. The highest BCUT2D eigenvalue weighted by Crippen LogP contribution is 2.45. The average Bonchev–Trinajstić information content (AvgIpc) is 3.50. The van der Waals surface area contributed by atoms with Gasteiger partial charge in [0.1, 0.15) is 21.7 Å². The molecule has 9 heteroatoms. The third kappa shape index (κ3) is 6.15. The van der Waals surface area contributed by atoms with Gasteiger partial charge in [-0.15, -0.1) is 11.8 Å². The SMILES string of the molecule is CCS(=O)(=O)CCCOc1cc(C)c(-c2cccc3c2CCC3Oc2cc3c(cn2)[C@H](CC(=O)O)CS3)c(C)c1. The Morgan fingerprint density at radius 1 is 1.15 bits per heavy atom. The summed E-state index contributed by atoms with van der Waals surface area (Å²) in [5, 5.41) is 9.19. The van der Waals surface area contributed by atoms with E-state index in [4.69, 9.17) is 9.47 Å². The van der Waals surface area contributed by atoms with Crippen LogP contribution in [0, 0.1) is 13.8 Å². The Balaban J connectivity index is 1.31. The van der Waals surface area contributed by atoms with Crippen LogP contribution in [-0.4, -0.2) is 48.3 Å². The molecule has 1 aromatic heterocycles. The standard InChI is InChI=1S/C31H35NO6S2/c1-4-40(35,36)12-6-11-37-22-13-19(2)31(20(3)14-22)25-8-5-7-24-23(25)9-10-27(24)38-29-16-28-26(17-32-29)21(18-39-28)15-30(33)34/h5,7-8,13-14,16-17,21,27H,4,6,9-12,15,18H2,1-3H3,(H,33,34)/t21-,27?/m1/s1. The number of pyridine rings is 1. The lowest BCUT2D eigenvalue weighted by Crippen LogP contribution is -2.12. The molecule has 1 aliphatic heterocycles. The van der Waals surface area contributed by atoms with Gasteiger partial charge in [-0.1, -0.05) is 25.1 Å². The zero-order chi connectivity index (χ0) is 28.4. The van der Waals surface area contributed by atoms with Crippen LogP contribution in [0.15, 0.2) is 47.5 Å². The molecule has 0 fully saturated rings. The molecule has 0 amide bonds. The fourth-order valence-corrected chi connectivity index (χ4v) is 7.84. The van der Waals surface area contributed by atoms with Gasteiger partial charge in [-0.3, -0.25) is 4.79 Å². The molecule has 1 unspecified atom stereocenters. The van der Waals surface area contributed by atoms with E-state index >= 15 is 0 Å². The molecular weight excluding hydrogens is 546 g/mol. The molecule has 0 saturated heterocycles. The van der Waals surface area contributed by atoms with E-state index in [-0.39, 0.29) is 29.9 Å². The summed E-state index contributed by atoms with van der Waals surface area (Å²) in [5.41, 5.74) is 8.08. The third-order valence-corrected chi connectivity index (χ3v) is 10.8.